The fourth-order valence-electron chi connectivity index (χ4n) is 4.98. The molecule has 2 saturated heterocycles. The third-order valence-corrected chi connectivity index (χ3v) is 5.87. The summed E-state index contributed by atoms with van der Waals surface area (Å²) in [6, 6.07) is 0. The zero-order valence-corrected chi connectivity index (χ0v) is 13.1. The first-order valence-electron chi connectivity index (χ1n) is 7.88. The van der Waals surface area contributed by atoms with E-state index in [0.717, 1.165) is 6.42 Å². The highest BCUT2D eigenvalue weighted by atomic mass is 16.7. The summed E-state index contributed by atoms with van der Waals surface area (Å²) >= 11 is 0. The third-order valence-electron chi connectivity index (χ3n) is 5.87. The maximum absolute atomic E-state index is 11.6. The van der Waals surface area contributed by atoms with Gasteiger partial charge >= 0.3 is 5.97 Å². The highest BCUT2D eigenvalue weighted by molar-refractivity contribution is 5.66. The molecule has 1 spiro atoms. The highest BCUT2D eigenvalue weighted by Crippen LogP contribution is 2.64. The molecule has 2 heterocycles. The van der Waals surface area contributed by atoms with Crippen LogP contribution in [0.1, 0.15) is 53.4 Å². The molecule has 0 aromatic carbocycles. The van der Waals surface area contributed by atoms with Crippen LogP contribution >= 0.6 is 0 Å². The van der Waals surface area contributed by atoms with Crippen molar-refractivity contribution in [1.82, 2.24) is 0 Å². The number of carbonyl (C=O) groups excluding carboxylic acids is 1. The molecule has 2 bridgehead atoms. The van der Waals surface area contributed by atoms with Crippen LogP contribution in [0.4, 0.5) is 0 Å². The molecule has 3 fully saturated rings. The van der Waals surface area contributed by atoms with E-state index in [1.165, 1.54) is 25.3 Å². The molecule has 112 valence electrons. The molecule has 0 N–H and O–H groups in total. The smallest absolute Gasteiger partial charge is 0.305 e. The van der Waals surface area contributed by atoms with Crippen LogP contribution in [0.2, 0.25) is 0 Å². The second-order valence-corrected chi connectivity index (χ2v) is 7.38. The summed E-state index contributed by atoms with van der Waals surface area (Å²) < 4.78 is 12.3. The van der Waals surface area contributed by atoms with Gasteiger partial charge in [-0.15, -0.1) is 0 Å². The first-order chi connectivity index (χ1) is 9.31. The molecule has 3 rings (SSSR count). The van der Waals surface area contributed by atoms with Gasteiger partial charge in [0.15, 0.2) is 0 Å². The van der Waals surface area contributed by atoms with Gasteiger partial charge in [-0.25, -0.2) is 0 Å². The summed E-state index contributed by atoms with van der Waals surface area (Å²) in [4.78, 5) is 11.6. The standard InChI is InChI=1S/C17H26O3/c1-10(2)15-9-16-12(4)6-7-14(16)11(3)8-17(15,20-16)19-13(5)18/h10,12,14-15H,3,6-9H2,1-2,4-5H3/t12-,14-,15-,16-,17-/m0/s1. The summed E-state index contributed by atoms with van der Waals surface area (Å²) in [6.45, 7) is 12.5. The largest absolute Gasteiger partial charge is 0.433 e. The predicted molar refractivity (Wildman–Crippen MR) is 76.9 cm³/mol. The summed E-state index contributed by atoms with van der Waals surface area (Å²) in [5.74, 6) is 0.672. The van der Waals surface area contributed by atoms with Crippen LogP contribution in [0.3, 0.4) is 0 Å². The van der Waals surface area contributed by atoms with Gasteiger partial charge in [-0.3, -0.25) is 4.79 Å². The van der Waals surface area contributed by atoms with Gasteiger partial charge in [0.1, 0.15) is 0 Å². The second-order valence-electron chi connectivity index (χ2n) is 7.38. The minimum atomic E-state index is -0.758. The molecule has 2 aliphatic heterocycles. The van der Waals surface area contributed by atoms with Crippen LogP contribution in [-0.2, 0) is 14.3 Å². The Balaban J connectivity index is 2.05. The average molecular weight is 278 g/mol. The molecular formula is C17H26O3. The van der Waals surface area contributed by atoms with Gasteiger partial charge in [0.25, 0.3) is 0 Å². The van der Waals surface area contributed by atoms with Gasteiger partial charge in [0.05, 0.1) is 5.60 Å². The number of fused-ring (bicyclic) bond motifs is 1. The Morgan fingerprint density at radius 3 is 2.75 bits per heavy atom. The fraction of sp³-hybridized carbons (Fsp3) is 0.824. The Labute approximate surface area is 121 Å². The average Bonchev–Trinajstić information content (AvgIpc) is 2.77. The van der Waals surface area contributed by atoms with Crippen molar-refractivity contribution in [2.24, 2.45) is 23.7 Å². The number of ether oxygens (including phenoxy) is 2. The van der Waals surface area contributed by atoms with Crippen molar-refractivity contribution < 1.29 is 14.3 Å². The summed E-state index contributed by atoms with van der Waals surface area (Å²) in [7, 11) is 0. The predicted octanol–water partition coefficient (Wildman–Crippen LogP) is 3.68. The molecule has 3 heteroatoms. The Morgan fingerprint density at radius 2 is 2.15 bits per heavy atom. The molecule has 1 aliphatic carbocycles. The third kappa shape index (κ3) is 1.71. The minimum Gasteiger partial charge on any atom is -0.433 e. The van der Waals surface area contributed by atoms with E-state index in [-0.39, 0.29) is 17.5 Å². The van der Waals surface area contributed by atoms with Crippen molar-refractivity contribution in [3.8, 4) is 0 Å². The maximum Gasteiger partial charge on any atom is 0.305 e. The summed E-state index contributed by atoms with van der Waals surface area (Å²) in [6.07, 6.45) is 4.03. The monoisotopic (exact) mass is 278 g/mol. The van der Waals surface area contributed by atoms with E-state index in [9.17, 15) is 4.79 Å². The number of carbonyl (C=O) groups is 1. The lowest BCUT2D eigenvalue weighted by molar-refractivity contribution is -0.279. The number of hydrogen-bond donors (Lipinski definition) is 0. The van der Waals surface area contributed by atoms with Crippen LogP contribution < -0.4 is 0 Å². The molecule has 0 amide bonds. The first kappa shape index (κ1) is 14.1. The molecule has 20 heavy (non-hydrogen) atoms. The number of rotatable bonds is 2. The lowest BCUT2D eigenvalue weighted by atomic mass is 9.77. The van der Waals surface area contributed by atoms with Gasteiger partial charge in [0.2, 0.25) is 5.79 Å². The highest BCUT2D eigenvalue weighted by Gasteiger charge is 2.68. The maximum atomic E-state index is 11.6. The lowest BCUT2D eigenvalue weighted by Crippen LogP contribution is -2.50. The van der Waals surface area contributed by atoms with Crippen LogP contribution in [0, 0.1) is 23.7 Å². The van der Waals surface area contributed by atoms with Gasteiger partial charge in [-0.05, 0) is 31.1 Å². The van der Waals surface area contributed by atoms with Crippen molar-refractivity contribution in [3.63, 3.8) is 0 Å². The van der Waals surface area contributed by atoms with E-state index in [1.54, 1.807) is 0 Å². The van der Waals surface area contributed by atoms with Crippen molar-refractivity contribution in [2.45, 2.75) is 64.8 Å². The Bertz CT molecular complexity index is 455. The molecule has 3 nitrogen and oxygen atoms in total. The van der Waals surface area contributed by atoms with E-state index in [1.807, 2.05) is 0 Å². The van der Waals surface area contributed by atoms with Gasteiger partial charge < -0.3 is 9.47 Å². The number of hydrogen-bond acceptors (Lipinski definition) is 3. The molecule has 0 unspecified atom stereocenters. The zero-order valence-electron chi connectivity index (χ0n) is 13.1. The minimum absolute atomic E-state index is 0.139. The molecule has 0 aromatic heterocycles. The van der Waals surface area contributed by atoms with Gasteiger partial charge in [-0.1, -0.05) is 32.9 Å². The second kappa shape index (κ2) is 4.33. The van der Waals surface area contributed by atoms with Crippen LogP contribution in [0.5, 0.6) is 0 Å². The van der Waals surface area contributed by atoms with Crippen molar-refractivity contribution >= 4 is 5.97 Å². The SMILES string of the molecule is C=C1C[C@]2(OC(C)=O)O[C@@]3(C[C@H]2C(C)C)[C@@H](C)CC[C@@H]13. The van der Waals surface area contributed by atoms with Crippen LogP contribution in [0.15, 0.2) is 12.2 Å². The van der Waals surface area contributed by atoms with Crippen molar-refractivity contribution in [3.05, 3.63) is 12.2 Å². The molecule has 5 atom stereocenters. The van der Waals surface area contributed by atoms with Crippen molar-refractivity contribution in [1.29, 1.82) is 0 Å². The van der Waals surface area contributed by atoms with E-state index in [2.05, 4.69) is 27.4 Å². The lowest BCUT2D eigenvalue weighted by Gasteiger charge is -2.45. The molecule has 0 aromatic rings. The van der Waals surface area contributed by atoms with E-state index in [0.29, 0.717) is 24.2 Å². The molecule has 0 radical (unpaired) electrons. The van der Waals surface area contributed by atoms with E-state index < -0.39 is 5.79 Å². The van der Waals surface area contributed by atoms with Gasteiger partial charge in [0, 0.05) is 25.2 Å². The fourth-order valence-corrected chi connectivity index (χ4v) is 4.98. The van der Waals surface area contributed by atoms with Crippen LogP contribution in [0.25, 0.3) is 0 Å². The van der Waals surface area contributed by atoms with Crippen molar-refractivity contribution in [2.75, 3.05) is 0 Å². The quantitative estimate of drug-likeness (QED) is 0.571. The van der Waals surface area contributed by atoms with Gasteiger partial charge in [-0.2, -0.15) is 0 Å². The molecule has 3 aliphatic rings. The Hall–Kier alpha value is -0.830. The topological polar surface area (TPSA) is 35.5 Å². The normalized spacial score (nSPS) is 46.6. The summed E-state index contributed by atoms with van der Waals surface area (Å²) in [5.41, 5.74) is 1.09. The Kier molecular flexibility index (Phi) is 3.06. The Morgan fingerprint density at radius 1 is 1.45 bits per heavy atom. The summed E-state index contributed by atoms with van der Waals surface area (Å²) in [5, 5.41) is 0. The number of esters is 1. The molecule has 1 saturated carbocycles. The first-order valence-corrected chi connectivity index (χ1v) is 7.88. The van der Waals surface area contributed by atoms with Crippen LogP contribution in [-0.4, -0.2) is 17.4 Å². The van der Waals surface area contributed by atoms with E-state index in [4.69, 9.17) is 9.47 Å². The molecular weight excluding hydrogens is 252 g/mol. The van der Waals surface area contributed by atoms with E-state index >= 15 is 0 Å². The zero-order chi connectivity index (χ0) is 14.7.